The van der Waals surface area contributed by atoms with E-state index in [-0.39, 0.29) is 5.91 Å². The third kappa shape index (κ3) is 2.93. The van der Waals surface area contributed by atoms with E-state index in [0.717, 1.165) is 34.5 Å². The summed E-state index contributed by atoms with van der Waals surface area (Å²) in [6.45, 7) is 8.67. The van der Waals surface area contributed by atoms with Crippen LogP contribution in [-0.4, -0.2) is 10.9 Å². The molecule has 0 spiro atoms. The summed E-state index contributed by atoms with van der Waals surface area (Å²) in [6.07, 6.45) is 0.835. The first-order valence-electron chi connectivity index (χ1n) is 7.04. The summed E-state index contributed by atoms with van der Waals surface area (Å²) in [4.78, 5) is 15.7. The number of benzene rings is 1. The summed E-state index contributed by atoms with van der Waals surface area (Å²) in [7, 11) is 0. The molecule has 1 heterocycles. The molecule has 2 N–H and O–H groups in total. The molecule has 2 rings (SSSR count). The molecule has 0 saturated heterocycles. The van der Waals surface area contributed by atoms with E-state index in [1.54, 1.807) is 0 Å². The number of rotatable bonds is 4. The van der Waals surface area contributed by atoms with E-state index in [9.17, 15) is 4.79 Å². The van der Waals surface area contributed by atoms with E-state index < -0.39 is 0 Å². The maximum Gasteiger partial charge on any atom is 0.253 e. The van der Waals surface area contributed by atoms with Gasteiger partial charge in [0.15, 0.2) is 0 Å². The molecule has 0 unspecified atom stereocenters. The van der Waals surface area contributed by atoms with Gasteiger partial charge in [-0.1, -0.05) is 36.8 Å². The Morgan fingerprint density at radius 1 is 1.15 bits per heavy atom. The van der Waals surface area contributed by atoms with E-state index in [2.05, 4.69) is 36.3 Å². The number of aromatic amines is 1. The first kappa shape index (κ1) is 14.4. The topological polar surface area (TPSA) is 44.9 Å². The van der Waals surface area contributed by atoms with E-state index in [0.29, 0.717) is 6.54 Å². The molecule has 1 amide bonds. The number of aromatic nitrogens is 1. The van der Waals surface area contributed by atoms with Crippen LogP contribution >= 0.6 is 0 Å². The Morgan fingerprint density at radius 2 is 1.80 bits per heavy atom. The number of hydrogen-bond acceptors (Lipinski definition) is 1. The Balaban J connectivity index is 2.11. The van der Waals surface area contributed by atoms with Crippen molar-refractivity contribution in [2.45, 2.75) is 40.7 Å². The van der Waals surface area contributed by atoms with Gasteiger partial charge < -0.3 is 10.3 Å². The van der Waals surface area contributed by atoms with Crippen LogP contribution in [0.4, 0.5) is 0 Å². The summed E-state index contributed by atoms with van der Waals surface area (Å²) in [5.41, 5.74) is 6.28. The molecular formula is C17H22N2O. The second-order valence-electron chi connectivity index (χ2n) is 5.25. The van der Waals surface area contributed by atoms with Crippen LogP contribution in [0.5, 0.6) is 0 Å². The van der Waals surface area contributed by atoms with Gasteiger partial charge in [-0.25, -0.2) is 0 Å². The highest BCUT2D eigenvalue weighted by Crippen LogP contribution is 2.18. The highest BCUT2D eigenvalue weighted by atomic mass is 16.1. The normalized spacial score (nSPS) is 10.6. The van der Waals surface area contributed by atoms with Crippen molar-refractivity contribution in [1.29, 1.82) is 0 Å². The Bertz CT molecular complexity index is 609. The second-order valence-corrected chi connectivity index (χ2v) is 5.25. The van der Waals surface area contributed by atoms with Crippen molar-refractivity contribution < 1.29 is 4.79 Å². The van der Waals surface area contributed by atoms with Crippen molar-refractivity contribution in [1.82, 2.24) is 10.3 Å². The van der Waals surface area contributed by atoms with E-state index in [1.165, 1.54) is 5.56 Å². The molecule has 106 valence electrons. The van der Waals surface area contributed by atoms with Crippen molar-refractivity contribution in [2.75, 3.05) is 0 Å². The number of amides is 1. The van der Waals surface area contributed by atoms with E-state index >= 15 is 0 Å². The molecule has 3 nitrogen and oxygen atoms in total. The zero-order chi connectivity index (χ0) is 14.7. The number of H-pyrrole nitrogens is 1. The van der Waals surface area contributed by atoms with Crippen molar-refractivity contribution in [2.24, 2.45) is 0 Å². The molecule has 0 saturated carbocycles. The van der Waals surface area contributed by atoms with Gasteiger partial charge in [0.2, 0.25) is 0 Å². The average molecular weight is 270 g/mol. The van der Waals surface area contributed by atoms with Gasteiger partial charge in [-0.15, -0.1) is 0 Å². The molecule has 0 bridgehead atoms. The number of nitrogens with one attached hydrogen (secondary N) is 2. The van der Waals surface area contributed by atoms with E-state index in [1.807, 2.05) is 26.0 Å². The minimum absolute atomic E-state index is 0.00396. The highest BCUT2D eigenvalue weighted by Gasteiger charge is 2.17. The van der Waals surface area contributed by atoms with Gasteiger partial charge >= 0.3 is 0 Å². The molecule has 20 heavy (non-hydrogen) atoms. The van der Waals surface area contributed by atoms with Crippen LogP contribution in [0, 0.1) is 20.8 Å². The fourth-order valence-electron chi connectivity index (χ4n) is 2.35. The van der Waals surface area contributed by atoms with E-state index in [4.69, 9.17) is 0 Å². The molecule has 3 heteroatoms. The van der Waals surface area contributed by atoms with Crippen molar-refractivity contribution in [3.8, 4) is 0 Å². The maximum absolute atomic E-state index is 12.4. The smallest absolute Gasteiger partial charge is 0.253 e. The zero-order valence-corrected chi connectivity index (χ0v) is 12.6. The lowest BCUT2D eigenvalue weighted by atomic mass is 10.1. The number of carbonyl (C=O) groups is 1. The molecule has 0 aliphatic rings. The maximum atomic E-state index is 12.4. The van der Waals surface area contributed by atoms with Crippen LogP contribution in [0.3, 0.4) is 0 Å². The molecule has 2 aromatic rings. The van der Waals surface area contributed by atoms with Crippen molar-refractivity contribution in [3.63, 3.8) is 0 Å². The standard InChI is InChI=1S/C17H22N2O/c1-5-15-16(12(3)13(4)19-15)17(20)18-10-14-8-6-11(2)7-9-14/h6-9,19H,5,10H2,1-4H3,(H,18,20). The molecule has 0 fully saturated rings. The monoisotopic (exact) mass is 270 g/mol. The average Bonchev–Trinajstić information content (AvgIpc) is 2.73. The Labute approximate surface area is 120 Å². The van der Waals surface area contributed by atoms with Gasteiger partial charge in [0.25, 0.3) is 5.91 Å². The zero-order valence-electron chi connectivity index (χ0n) is 12.6. The highest BCUT2D eigenvalue weighted by molar-refractivity contribution is 5.97. The first-order valence-corrected chi connectivity index (χ1v) is 7.04. The van der Waals surface area contributed by atoms with Gasteiger partial charge in [-0.3, -0.25) is 4.79 Å². The molecule has 0 aliphatic heterocycles. The predicted molar refractivity (Wildman–Crippen MR) is 82.0 cm³/mol. The van der Waals surface area contributed by atoms with Crippen LogP contribution in [0.15, 0.2) is 24.3 Å². The number of carbonyl (C=O) groups excluding carboxylic acids is 1. The fourth-order valence-corrected chi connectivity index (χ4v) is 2.35. The predicted octanol–water partition coefficient (Wildman–Crippen LogP) is 3.43. The molecule has 0 radical (unpaired) electrons. The molecular weight excluding hydrogens is 248 g/mol. The number of hydrogen-bond donors (Lipinski definition) is 2. The molecule has 0 atom stereocenters. The van der Waals surface area contributed by atoms with Gasteiger partial charge in [-0.05, 0) is 38.3 Å². The molecule has 1 aromatic heterocycles. The Hall–Kier alpha value is -2.03. The summed E-state index contributed by atoms with van der Waals surface area (Å²) < 4.78 is 0. The lowest BCUT2D eigenvalue weighted by Gasteiger charge is -2.07. The van der Waals surface area contributed by atoms with Gasteiger partial charge in [0.1, 0.15) is 0 Å². The van der Waals surface area contributed by atoms with Crippen LogP contribution in [0.1, 0.15) is 45.4 Å². The second kappa shape index (κ2) is 5.95. The fraction of sp³-hybridized carbons (Fsp3) is 0.353. The minimum Gasteiger partial charge on any atom is -0.362 e. The largest absolute Gasteiger partial charge is 0.362 e. The lowest BCUT2D eigenvalue weighted by Crippen LogP contribution is -2.24. The molecule has 1 aromatic carbocycles. The van der Waals surface area contributed by atoms with Crippen molar-refractivity contribution in [3.05, 3.63) is 57.9 Å². The Kier molecular flexibility index (Phi) is 4.28. The van der Waals surface area contributed by atoms with Crippen LogP contribution in [0.25, 0.3) is 0 Å². The van der Waals surface area contributed by atoms with Crippen molar-refractivity contribution >= 4 is 5.91 Å². The third-order valence-corrected chi connectivity index (χ3v) is 3.73. The van der Waals surface area contributed by atoms with Crippen LogP contribution < -0.4 is 5.32 Å². The summed E-state index contributed by atoms with van der Waals surface area (Å²) in [6, 6.07) is 8.21. The quantitative estimate of drug-likeness (QED) is 0.878. The summed E-state index contributed by atoms with van der Waals surface area (Å²) in [5, 5.41) is 3.00. The van der Waals surface area contributed by atoms with Crippen LogP contribution in [0.2, 0.25) is 0 Å². The third-order valence-electron chi connectivity index (χ3n) is 3.73. The molecule has 0 aliphatic carbocycles. The summed E-state index contributed by atoms with van der Waals surface area (Å²) >= 11 is 0. The Morgan fingerprint density at radius 3 is 2.40 bits per heavy atom. The van der Waals surface area contributed by atoms with Gasteiger partial charge in [0, 0.05) is 17.9 Å². The van der Waals surface area contributed by atoms with Gasteiger partial charge in [0.05, 0.1) is 5.56 Å². The first-order chi connectivity index (χ1) is 9.52. The van der Waals surface area contributed by atoms with Gasteiger partial charge in [-0.2, -0.15) is 0 Å². The number of aryl methyl sites for hydroxylation is 3. The minimum atomic E-state index is 0.00396. The lowest BCUT2D eigenvalue weighted by molar-refractivity contribution is 0.0949. The van der Waals surface area contributed by atoms with Crippen LogP contribution in [-0.2, 0) is 13.0 Å². The summed E-state index contributed by atoms with van der Waals surface area (Å²) in [5.74, 6) is 0.00396. The SMILES string of the molecule is CCc1[nH]c(C)c(C)c1C(=O)NCc1ccc(C)cc1.